The van der Waals surface area contributed by atoms with E-state index in [1.54, 1.807) is 0 Å². The van der Waals surface area contributed by atoms with Crippen molar-refractivity contribution in [2.75, 3.05) is 24.7 Å². The van der Waals surface area contributed by atoms with E-state index in [2.05, 4.69) is 29.9 Å². The fourth-order valence-electron chi connectivity index (χ4n) is 6.67. The van der Waals surface area contributed by atoms with Gasteiger partial charge in [0, 0.05) is 5.41 Å². The number of nitrogen functional groups attached to an aromatic ring is 2. The van der Waals surface area contributed by atoms with Crippen molar-refractivity contribution in [3.63, 3.8) is 0 Å². The molecule has 1 spiro atoms. The summed E-state index contributed by atoms with van der Waals surface area (Å²) < 4.78 is 88.0. The van der Waals surface area contributed by atoms with Crippen molar-refractivity contribution in [2.45, 2.75) is 49.3 Å². The van der Waals surface area contributed by atoms with Gasteiger partial charge >= 0.3 is 15.6 Å². The molecular formula is C22H24F2N10O9P2. The van der Waals surface area contributed by atoms with Crippen molar-refractivity contribution in [1.29, 1.82) is 0 Å². The number of phosphoric ester groups is 2. The highest BCUT2D eigenvalue weighted by molar-refractivity contribution is 7.47. The maximum Gasteiger partial charge on any atom is 0.472 e. The van der Waals surface area contributed by atoms with E-state index in [0.717, 1.165) is 10.9 Å². The van der Waals surface area contributed by atoms with Crippen LogP contribution in [0.4, 0.5) is 20.4 Å². The monoisotopic (exact) mass is 672 g/mol. The van der Waals surface area contributed by atoms with E-state index in [-0.39, 0.29) is 40.4 Å². The minimum absolute atomic E-state index is 0.0141. The maximum atomic E-state index is 16.2. The third-order valence-electron chi connectivity index (χ3n) is 8.81. The molecule has 4 aromatic heterocycles. The number of rotatable bonds is 2. The lowest BCUT2D eigenvalue weighted by atomic mass is 10.0. The van der Waals surface area contributed by atoms with Gasteiger partial charge in [0.15, 0.2) is 35.3 Å². The molecule has 19 nitrogen and oxygen atoms in total. The number of anilines is 2. The van der Waals surface area contributed by atoms with Crippen LogP contribution >= 0.6 is 15.6 Å². The van der Waals surface area contributed by atoms with E-state index in [0.29, 0.717) is 0 Å². The Morgan fingerprint density at radius 2 is 1.49 bits per heavy atom. The molecule has 6 N–H and O–H groups in total. The van der Waals surface area contributed by atoms with Crippen molar-refractivity contribution in [1.82, 2.24) is 39.0 Å². The zero-order valence-corrected chi connectivity index (χ0v) is 24.5. The smallest absolute Gasteiger partial charge is 0.382 e. The van der Waals surface area contributed by atoms with Crippen LogP contribution in [0.2, 0.25) is 0 Å². The molecule has 2 aliphatic carbocycles. The Morgan fingerprint density at radius 1 is 0.867 bits per heavy atom. The number of phosphoric acid groups is 2. The number of fused-ring (bicyclic) bond motifs is 3. The van der Waals surface area contributed by atoms with Crippen molar-refractivity contribution < 1.29 is 50.5 Å². The molecule has 4 aliphatic rings. The first kappa shape index (κ1) is 29.2. The lowest BCUT2D eigenvalue weighted by Gasteiger charge is -2.30. The largest absolute Gasteiger partial charge is 0.472 e. The van der Waals surface area contributed by atoms with Crippen molar-refractivity contribution in [2.24, 2.45) is 11.3 Å². The van der Waals surface area contributed by atoms with Crippen LogP contribution < -0.4 is 11.5 Å². The maximum absolute atomic E-state index is 16.2. The minimum Gasteiger partial charge on any atom is -0.382 e. The molecule has 8 rings (SSSR count). The lowest BCUT2D eigenvalue weighted by Crippen LogP contribution is -2.38. The number of halogens is 2. The zero-order chi connectivity index (χ0) is 31.5. The van der Waals surface area contributed by atoms with E-state index in [9.17, 15) is 18.9 Å². The average molecular weight is 672 g/mol. The fourth-order valence-corrected chi connectivity index (χ4v) is 8.70. The Hall–Kier alpha value is -3.26. The predicted molar refractivity (Wildman–Crippen MR) is 144 cm³/mol. The van der Waals surface area contributed by atoms with Crippen LogP contribution in [0.3, 0.4) is 0 Å². The summed E-state index contributed by atoms with van der Waals surface area (Å²) in [6.45, 7) is -1.50. The quantitative estimate of drug-likeness (QED) is 0.216. The topological polar surface area (TPSA) is 260 Å². The van der Waals surface area contributed by atoms with E-state index in [4.69, 9.17) is 34.3 Å². The predicted octanol–water partition coefficient (Wildman–Crippen LogP) is 0.983. The van der Waals surface area contributed by atoms with E-state index in [1.807, 2.05) is 0 Å². The highest BCUT2D eigenvalue weighted by Gasteiger charge is 2.75. The molecule has 2 saturated carbocycles. The van der Waals surface area contributed by atoms with Gasteiger partial charge in [-0.1, -0.05) is 0 Å². The Bertz CT molecular complexity index is 1930. The fraction of sp³-hybridized carbons (Fsp3) is 0.545. The van der Waals surface area contributed by atoms with E-state index >= 15 is 8.78 Å². The number of imidazole rings is 2. The third-order valence-corrected chi connectivity index (χ3v) is 10.7. The molecule has 2 aliphatic heterocycles. The van der Waals surface area contributed by atoms with Crippen LogP contribution in [0.25, 0.3) is 22.3 Å². The Morgan fingerprint density at radius 3 is 2.18 bits per heavy atom. The van der Waals surface area contributed by atoms with Gasteiger partial charge in [-0.3, -0.25) is 22.7 Å². The molecule has 4 fully saturated rings. The second-order valence-corrected chi connectivity index (χ2v) is 14.1. The number of alkyl halides is 2. The summed E-state index contributed by atoms with van der Waals surface area (Å²) in [5.74, 6) is -0.547. The summed E-state index contributed by atoms with van der Waals surface area (Å²) >= 11 is 0. The van der Waals surface area contributed by atoms with Crippen LogP contribution in [0, 0.1) is 11.3 Å². The molecule has 0 amide bonds. The number of hydrogen-bond donors (Lipinski definition) is 4. The summed E-state index contributed by atoms with van der Waals surface area (Å²) in [6.07, 6.45) is -5.73. The van der Waals surface area contributed by atoms with Gasteiger partial charge in [-0.15, -0.1) is 0 Å². The van der Waals surface area contributed by atoms with Crippen molar-refractivity contribution in [3.8, 4) is 0 Å². The molecule has 4 aromatic rings. The van der Waals surface area contributed by atoms with Crippen LogP contribution in [-0.4, -0.2) is 92.7 Å². The molecule has 45 heavy (non-hydrogen) atoms. The minimum atomic E-state index is -5.06. The molecule has 240 valence electrons. The average Bonchev–Trinajstić information content (AvgIpc) is 3.27. The van der Waals surface area contributed by atoms with Gasteiger partial charge in [-0.05, 0) is 12.3 Å². The number of ether oxygens (including phenoxy) is 1. The zero-order valence-electron chi connectivity index (χ0n) is 22.7. The highest BCUT2D eigenvalue weighted by Crippen LogP contribution is 2.72. The summed E-state index contributed by atoms with van der Waals surface area (Å²) in [4.78, 5) is 45.5. The molecule has 6 heterocycles. The first-order chi connectivity index (χ1) is 21.4. The summed E-state index contributed by atoms with van der Waals surface area (Å²) in [7, 11) is -10.1. The van der Waals surface area contributed by atoms with Gasteiger partial charge < -0.3 is 30.6 Å². The van der Waals surface area contributed by atoms with Crippen molar-refractivity contribution >= 4 is 49.6 Å². The molecule has 2 saturated heterocycles. The Balaban J connectivity index is 1.10. The Kier molecular flexibility index (Phi) is 6.40. The second kappa shape index (κ2) is 9.87. The molecule has 2 unspecified atom stereocenters. The number of aromatic nitrogens is 8. The van der Waals surface area contributed by atoms with Crippen molar-refractivity contribution in [3.05, 3.63) is 25.3 Å². The van der Waals surface area contributed by atoms with Gasteiger partial charge in [-0.25, -0.2) is 47.8 Å². The highest BCUT2D eigenvalue weighted by atomic mass is 31.2. The second-order valence-electron chi connectivity index (χ2n) is 11.3. The normalized spacial score (nSPS) is 41.7. The molecule has 0 aromatic carbocycles. The number of nitrogens with two attached hydrogens (primary N) is 2. The Labute approximate surface area is 250 Å². The number of nitrogens with zero attached hydrogens (tertiary/aromatic N) is 8. The van der Waals surface area contributed by atoms with Crippen LogP contribution in [0.5, 0.6) is 0 Å². The van der Waals surface area contributed by atoms with Crippen LogP contribution in [0.15, 0.2) is 25.3 Å². The van der Waals surface area contributed by atoms with Crippen LogP contribution in [0.1, 0.15) is 18.7 Å². The first-order valence-electron chi connectivity index (χ1n) is 13.5. The summed E-state index contributed by atoms with van der Waals surface area (Å²) in [5.41, 5.74) is 11.0. The van der Waals surface area contributed by atoms with E-state index < -0.39 is 83.1 Å². The molecule has 23 heteroatoms. The molecule has 0 radical (unpaired) electrons. The van der Waals surface area contributed by atoms with Gasteiger partial charge in [-0.2, -0.15) is 0 Å². The molecular weight excluding hydrogens is 648 g/mol. The summed E-state index contributed by atoms with van der Waals surface area (Å²) in [6, 6.07) is -1.04. The summed E-state index contributed by atoms with van der Waals surface area (Å²) in [5, 5.41) is 0. The van der Waals surface area contributed by atoms with E-state index in [1.165, 1.54) is 23.5 Å². The van der Waals surface area contributed by atoms with Gasteiger partial charge in [0.25, 0.3) is 0 Å². The first-order valence-corrected chi connectivity index (χ1v) is 16.5. The lowest BCUT2D eigenvalue weighted by molar-refractivity contribution is -0.0591. The third kappa shape index (κ3) is 4.49. The van der Waals surface area contributed by atoms with Gasteiger partial charge in [0.2, 0.25) is 0 Å². The standard InChI is InChI=1S/C22H24F2N10O9P2/c23-10-14(33-6-31-12-17(25)27-4-29-19(12)33)8-1-22(8)3-40-45(37,38)42-15-9(2-39-44(35,36)43-16(10)22)41-21(11(15)24)34-7-32-13-18(26)28-5-30-20(13)34/h4-11,14-16,21H,1-3H2,(H,35,36)(H,37,38)(H2,25,27,29)(H2,26,28,30)/t8-,9-,10+,11-,14-,15-,16+,21-,22-/m1/s1. The number of hydrogen-bond acceptors (Lipinski definition) is 15. The molecule has 0 bridgehead atoms. The molecule has 11 atom stereocenters. The SMILES string of the molecule is Nc1ncnc2c1ncn2[C@H]1[C@H](F)[C@@H]2OP(=O)(O)OC[C@H]3O[C@@H](n4cnc5c(N)ncnc54)[C@H](F)[C@@H]3OP(=O)(O)OC[C@@]23C[C@H]13. The van der Waals surface area contributed by atoms with Crippen LogP contribution in [-0.2, 0) is 32.0 Å². The van der Waals surface area contributed by atoms with Gasteiger partial charge in [0.1, 0.15) is 48.2 Å². The van der Waals surface area contributed by atoms with Gasteiger partial charge in [0.05, 0.1) is 31.9 Å².